The van der Waals surface area contributed by atoms with Crippen LogP contribution < -0.4 is 0 Å². The first-order valence-electron chi connectivity index (χ1n) is 4.18. The number of hydrogen-bond acceptors (Lipinski definition) is 3. The maximum absolute atomic E-state index is 8.82. The predicted octanol–water partition coefficient (Wildman–Crippen LogP) is 1.94. The van der Waals surface area contributed by atoms with Crippen LogP contribution >= 0.6 is 0 Å². The molecule has 0 spiro atoms. The van der Waals surface area contributed by atoms with Gasteiger partial charge < -0.3 is 9.52 Å². The van der Waals surface area contributed by atoms with Crippen LogP contribution in [-0.2, 0) is 6.61 Å². The number of aromatic nitrogens is 1. The van der Waals surface area contributed by atoms with E-state index in [0.29, 0.717) is 5.89 Å². The van der Waals surface area contributed by atoms with Gasteiger partial charge in [-0.1, -0.05) is 0 Å². The van der Waals surface area contributed by atoms with E-state index in [-0.39, 0.29) is 6.61 Å². The smallest absolute Gasteiger partial charge is 0.221 e. The van der Waals surface area contributed by atoms with E-state index in [4.69, 9.17) is 9.52 Å². The molecular weight excluding hydrogens is 166 g/mol. The molecule has 0 atom stereocenters. The molecule has 0 aliphatic heterocycles. The quantitative estimate of drug-likeness (QED) is 0.724. The van der Waals surface area contributed by atoms with Crippen LogP contribution in [0.3, 0.4) is 0 Å². The number of rotatable bonds is 1. The van der Waals surface area contributed by atoms with E-state index in [1.807, 2.05) is 26.0 Å². The maximum Gasteiger partial charge on any atom is 0.221 e. The molecule has 2 aromatic rings. The van der Waals surface area contributed by atoms with Crippen LogP contribution in [-0.4, -0.2) is 10.1 Å². The Balaban J connectivity index is 2.70. The van der Waals surface area contributed by atoms with Gasteiger partial charge in [-0.25, -0.2) is 4.98 Å². The molecule has 13 heavy (non-hydrogen) atoms. The number of aryl methyl sites for hydroxylation is 2. The number of nitrogens with zero attached hydrogens (tertiary/aromatic N) is 1. The standard InChI is InChI=1S/C10H11NO2/c1-6-3-8-9(4-7(6)2)13-10(5-12)11-8/h3-4,12H,5H2,1-2H3. The fraction of sp³-hybridized carbons (Fsp3) is 0.300. The largest absolute Gasteiger partial charge is 0.438 e. The molecule has 1 aromatic carbocycles. The average Bonchev–Trinajstić information content (AvgIpc) is 2.48. The van der Waals surface area contributed by atoms with Crippen molar-refractivity contribution in [2.75, 3.05) is 0 Å². The minimum atomic E-state index is -0.146. The molecule has 3 nitrogen and oxygen atoms in total. The first kappa shape index (κ1) is 8.26. The molecule has 0 saturated carbocycles. The number of oxazole rings is 1. The molecule has 1 heterocycles. The summed E-state index contributed by atoms with van der Waals surface area (Å²) in [6.07, 6.45) is 0. The Labute approximate surface area is 76.0 Å². The number of aliphatic hydroxyl groups excluding tert-OH is 1. The van der Waals surface area contributed by atoms with Crippen molar-refractivity contribution < 1.29 is 9.52 Å². The van der Waals surface area contributed by atoms with Crippen molar-refractivity contribution in [1.29, 1.82) is 0 Å². The van der Waals surface area contributed by atoms with Gasteiger partial charge in [-0.15, -0.1) is 0 Å². The van der Waals surface area contributed by atoms with E-state index in [2.05, 4.69) is 4.98 Å². The fourth-order valence-corrected chi connectivity index (χ4v) is 1.30. The summed E-state index contributed by atoms with van der Waals surface area (Å²) in [6, 6.07) is 3.91. The third-order valence-corrected chi connectivity index (χ3v) is 2.18. The Bertz CT molecular complexity index is 406. The summed E-state index contributed by atoms with van der Waals surface area (Å²) in [7, 11) is 0. The Kier molecular flexibility index (Phi) is 1.81. The third-order valence-electron chi connectivity index (χ3n) is 2.18. The molecule has 3 heteroatoms. The number of fused-ring (bicyclic) bond motifs is 1. The van der Waals surface area contributed by atoms with Crippen molar-refractivity contribution >= 4 is 11.1 Å². The summed E-state index contributed by atoms with van der Waals surface area (Å²) >= 11 is 0. The monoisotopic (exact) mass is 177 g/mol. The zero-order valence-electron chi connectivity index (χ0n) is 7.66. The van der Waals surface area contributed by atoms with Gasteiger partial charge in [-0.2, -0.15) is 0 Å². The van der Waals surface area contributed by atoms with E-state index in [1.165, 1.54) is 11.1 Å². The number of aliphatic hydroxyl groups is 1. The lowest BCUT2D eigenvalue weighted by Crippen LogP contribution is -1.80. The molecule has 1 aromatic heterocycles. The second-order valence-electron chi connectivity index (χ2n) is 3.17. The van der Waals surface area contributed by atoms with Crippen LogP contribution in [0, 0.1) is 13.8 Å². The lowest BCUT2D eigenvalue weighted by molar-refractivity contribution is 0.244. The third kappa shape index (κ3) is 1.31. The molecule has 0 unspecified atom stereocenters. The van der Waals surface area contributed by atoms with E-state index in [0.717, 1.165) is 11.1 Å². The van der Waals surface area contributed by atoms with Crippen LogP contribution in [0.25, 0.3) is 11.1 Å². The molecule has 0 aliphatic rings. The zero-order valence-corrected chi connectivity index (χ0v) is 7.66. The summed E-state index contributed by atoms with van der Waals surface area (Å²) in [5, 5.41) is 8.82. The van der Waals surface area contributed by atoms with Gasteiger partial charge in [0.05, 0.1) is 0 Å². The average molecular weight is 177 g/mol. The van der Waals surface area contributed by atoms with Gasteiger partial charge in [0, 0.05) is 0 Å². The van der Waals surface area contributed by atoms with Crippen molar-refractivity contribution in [2.45, 2.75) is 20.5 Å². The molecule has 1 N–H and O–H groups in total. The molecular formula is C10H11NO2. The maximum atomic E-state index is 8.82. The number of hydrogen-bond donors (Lipinski definition) is 1. The Morgan fingerprint density at radius 1 is 1.31 bits per heavy atom. The molecule has 2 rings (SSSR count). The first-order valence-corrected chi connectivity index (χ1v) is 4.18. The predicted molar refractivity (Wildman–Crippen MR) is 49.4 cm³/mol. The highest BCUT2D eigenvalue weighted by atomic mass is 16.4. The SMILES string of the molecule is Cc1cc2nc(CO)oc2cc1C. The van der Waals surface area contributed by atoms with Gasteiger partial charge in [0.1, 0.15) is 12.1 Å². The van der Waals surface area contributed by atoms with Gasteiger partial charge in [-0.05, 0) is 37.1 Å². The van der Waals surface area contributed by atoms with Gasteiger partial charge >= 0.3 is 0 Å². The highest BCUT2D eigenvalue weighted by Crippen LogP contribution is 2.19. The van der Waals surface area contributed by atoms with E-state index >= 15 is 0 Å². The van der Waals surface area contributed by atoms with Gasteiger partial charge in [0.25, 0.3) is 0 Å². The Hall–Kier alpha value is -1.35. The minimum Gasteiger partial charge on any atom is -0.438 e. The van der Waals surface area contributed by atoms with E-state index < -0.39 is 0 Å². The summed E-state index contributed by atoms with van der Waals surface area (Å²) in [6.45, 7) is 3.91. The first-order chi connectivity index (χ1) is 6.20. The Morgan fingerprint density at radius 3 is 2.69 bits per heavy atom. The van der Waals surface area contributed by atoms with Gasteiger partial charge in [-0.3, -0.25) is 0 Å². The molecule has 0 fully saturated rings. The topological polar surface area (TPSA) is 46.3 Å². The molecule has 0 aliphatic carbocycles. The normalized spacial score (nSPS) is 11.0. The summed E-state index contributed by atoms with van der Waals surface area (Å²) in [4.78, 5) is 4.12. The van der Waals surface area contributed by atoms with Crippen molar-refractivity contribution in [2.24, 2.45) is 0 Å². The van der Waals surface area contributed by atoms with Crippen LogP contribution in [0.2, 0.25) is 0 Å². The van der Waals surface area contributed by atoms with E-state index in [1.54, 1.807) is 0 Å². The molecule has 0 amide bonds. The second kappa shape index (κ2) is 2.85. The van der Waals surface area contributed by atoms with Crippen molar-refractivity contribution in [3.8, 4) is 0 Å². The van der Waals surface area contributed by atoms with Crippen molar-refractivity contribution in [3.05, 3.63) is 29.2 Å². The summed E-state index contributed by atoms with van der Waals surface area (Å²) in [5.74, 6) is 0.375. The van der Waals surface area contributed by atoms with Crippen LogP contribution in [0.4, 0.5) is 0 Å². The molecule has 68 valence electrons. The van der Waals surface area contributed by atoms with E-state index in [9.17, 15) is 0 Å². The molecule has 0 radical (unpaired) electrons. The van der Waals surface area contributed by atoms with Gasteiger partial charge in [0.15, 0.2) is 5.58 Å². The summed E-state index contributed by atoms with van der Waals surface area (Å²) in [5.41, 5.74) is 3.91. The van der Waals surface area contributed by atoms with Gasteiger partial charge in [0.2, 0.25) is 5.89 Å². The molecule has 0 saturated heterocycles. The highest BCUT2D eigenvalue weighted by molar-refractivity contribution is 5.74. The van der Waals surface area contributed by atoms with Crippen molar-refractivity contribution in [1.82, 2.24) is 4.98 Å². The fourth-order valence-electron chi connectivity index (χ4n) is 1.30. The molecule has 0 bridgehead atoms. The number of benzene rings is 1. The minimum absolute atomic E-state index is 0.146. The second-order valence-corrected chi connectivity index (χ2v) is 3.17. The highest BCUT2D eigenvalue weighted by Gasteiger charge is 2.05. The summed E-state index contributed by atoms with van der Waals surface area (Å²) < 4.78 is 5.29. The van der Waals surface area contributed by atoms with Crippen LogP contribution in [0.1, 0.15) is 17.0 Å². The zero-order chi connectivity index (χ0) is 9.42. The Morgan fingerprint density at radius 2 is 2.00 bits per heavy atom. The van der Waals surface area contributed by atoms with Crippen LogP contribution in [0.15, 0.2) is 16.5 Å². The lowest BCUT2D eigenvalue weighted by Gasteiger charge is -1.96. The lowest BCUT2D eigenvalue weighted by atomic mass is 10.1. The van der Waals surface area contributed by atoms with Crippen LogP contribution in [0.5, 0.6) is 0 Å². The van der Waals surface area contributed by atoms with Crippen molar-refractivity contribution in [3.63, 3.8) is 0 Å².